The number of hydrogen-bond donors (Lipinski definition) is 0. The van der Waals surface area contributed by atoms with Crippen molar-refractivity contribution in [2.24, 2.45) is 0 Å². The van der Waals surface area contributed by atoms with E-state index in [4.69, 9.17) is 4.74 Å². The Morgan fingerprint density at radius 2 is 2.36 bits per heavy atom. The molecule has 0 aromatic rings. The summed E-state index contributed by atoms with van der Waals surface area (Å²) in [6.45, 7) is 3.16. The van der Waals surface area contributed by atoms with Crippen LogP contribution in [0.2, 0.25) is 0 Å². The minimum atomic E-state index is 0.482. The zero-order chi connectivity index (χ0) is 7.94. The van der Waals surface area contributed by atoms with Crippen molar-refractivity contribution in [2.45, 2.75) is 51.6 Å². The molecule has 0 bridgehead atoms. The van der Waals surface area contributed by atoms with Gasteiger partial charge in [-0.15, -0.1) is 0 Å². The van der Waals surface area contributed by atoms with Gasteiger partial charge < -0.3 is 4.74 Å². The van der Waals surface area contributed by atoms with Gasteiger partial charge in [0, 0.05) is 6.61 Å². The van der Waals surface area contributed by atoms with Crippen LogP contribution in [0.3, 0.4) is 0 Å². The van der Waals surface area contributed by atoms with Gasteiger partial charge in [-0.05, 0) is 25.7 Å². The van der Waals surface area contributed by atoms with Crippen LogP contribution in [0.1, 0.15) is 45.4 Å². The molecule has 1 heteroatoms. The molecule has 1 saturated carbocycles. The molecule has 0 saturated heterocycles. The van der Waals surface area contributed by atoms with E-state index in [1.54, 1.807) is 0 Å². The Hall–Kier alpha value is -0.0400. The first-order valence-corrected chi connectivity index (χ1v) is 4.88. The van der Waals surface area contributed by atoms with E-state index in [0.717, 1.165) is 6.61 Å². The molecule has 1 rings (SSSR count). The lowest BCUT2D eigenvalue weighted by Crippen LogP contribution is -2.17. The molecule has 1 aliphatic rings. The summed E-state index contributed by atoms with van der Waals surface area (Å²) in [7, 11) is 0. The van der Waals surface area contributed by atoms with E-state index in [2.05, 4.69) is 13.3 Å². The smallest absolute Gasteiger partial charge is 0.0606 e. The van der Waals surface area contributed by atoms with Crippen molar-refractivity contribution in [1.29, 1.82) is 0 Å². The molecule has 1 unspecified atom stereocenters. The summed E-state index contributed by atoms with van der Waals surface area (Å²) in [6, 6.07) is 0. The topological polar surface area (TPSA) is 9.23 Å². The van der Waals surface area contributed by atoms with E-state index in [1.165, 1.54) is 38.5 Å². The molecule has 0 heterocycles. The predicted molar refractivity (Wildman–Crippen MR) is 47.4 cm³/mol. The zero-order valence-corrected chi connectivity index (χ0v) is 7.51. The van der Waals surface area contributed by atoms with Crippen LogP contribution >= 0.6 is 0 Å². The lowest BCUT2D eigenvalue weighted by Gasteiger charge is -2.21. The second kappa shape index (κ2) is 5.59. The molecule has 1 radical (unpaired) electrons. The highest BCUT2D eigenvalue weighted by molar-refractivity contribution is 4.81. The van der Waals surface area contributed by atoms with Gasteiger partial charge in [-0.2, -0.15) is 0 Å². The van der Waals surface area contributed by atoms with Gasteiger partial charge in [-0.25, -0.2) is 0 Å². The first kappa shape index (κ1) is 9.05. The lowest BCUT2D eigenvalue weighted by molar-refractivity contribution is 0.0557. The van der Waals surface area contributed by atoms with Gasteiger partial charge >= 0.3 is 0 Å². The minimum absolute atomic E-state index is 0.482. The maximum atomic E-state index is 5.67. The van der Waals surface area contributed by atoms with Crippen molar-refractivity contribution in [1.82, 2.24) is 0 Å². The standard InChI is InChI=1S/C10H19O/c1-2-3-9-11-10-7-5-4-6-8-10/h7,10H,2-6,8-9H2,1H3. The van der Waals surface area contributed by atoms with Crippen molar-refractivity contribution < 1.29 is 4.74 Å². The highest BCUT2D eigenvalue weighted by Gasteiger charge is 2.12. The summed E-state index contributed by atoms with van der Waals surface area (Å²) >= 11 is 0. The van der Waals surface area contributed by atoms with E-state index < -0.39 is 0 Å². The van der Waals surface area contributed by atoms with E-state index in [1.807, 2.05) is 0 Å². The van der Waals surface area contributed by atoms with E-state index in [-0.39, 0.29) is 0 Å². The minimum Gasteiger partial charge on any atom is -0.378 e. The average Bonchev–Trinajstić information content (AvgIpc) is 2.07. The largest absolute Gasteiger partial charge is 0.378 e. The monoisotopic (exact) mass is 155 g/mol. The molecule has 0 N–H and O–H groups in total. The highest BCUT2D eigenvalue weighted by Crippen LogP contribution is 2.19. The highest BCUT2D eigenvalue weighted by atomic mass is 16.5. The molecular weight excluding hydrogens is 136 g/mol. The number of hydrogen-bond acceptors (Lipinski definition) is 1. The third kappa shape index (κ3) is 3.76. The van der Waals surface area contributed by atoms with Crippen molar-refractivity contribution in [2.75, 3.05) is 6.61 Å². The first-order valence-electron chi connectivity index (χ1n) is 4.88. The SMILES string of the molecule is CCCCOC1[CH]CCCC1. The van der Waals surface area contributed by atoms with Crippen molar-refractivity contribution in [3.05, 3.63) is 6.42 Å². The maximum Gasteiger partial charge on any atom is 0.0606 e. The van der Waals surface area contributed by atoms with Crippen molar-refractivity contribution >= 4 is 0 Å². The Balaban J connectivity index is 1.96. The maximum absolute atomic E-state index is 5.67. The number of unbranched alkanes of at least 4 members (excludes halogenated alkanes) is 1. The van der Waals surface area contributed by atoms with E-state index >= 15 is 0 Å². The van der Waals surface area contributed by atoms with Crippen LogP contribution in [-0.4, -0.2) is 12.7 Å². The van der Waals surface area contributed by atoms with Crippen LogP contribution in [0.4, 0.5) is 0 Å². The van der Waals surface area contributed by atoms with Gasteiger partial charge in [-0.1, -0.05) is 26.2 Å². The quantitative estimate of drug-likeness (QED) is 0.567. The molecule has 11 heavy (non-hydrogen) atoms. The summed E-state index contributed by atoms with van der Waals surface area (Å²) in [6.07, 6.45) is 10.5. The van der Waals surface area contributed by atoms with Crippen LogP contribution in [-0.2, 0) is 4.74 Å². The second-order valence-corrected chi connectivity index (χ2v) is 3.28. The van der Waals surface area contributed by atoms with E-state index in [0.29, 0.717) is 6.10 Å². The molecule has 65 valence electrons. The summed E-state index contributed by atoms with van der Waals surface area (Å²) in [5.74, 6) is 0. The molecule has 0 aromatic heterocycles. The van der Waals surface area contributed by atoms with Gasteiger partial charge in [0.1, 0.15) is 0 Å². The Morgan fingerprint density at radius 1 is 1.45 bits per heavy atom. The van der Waals surface area contributed by atoms with Crippen LogP contribution in [0, 0.1) is 6.42 Å². The molecule has 1 atom stereocenters. The third-order valence-electron chi connectivity index (χ3n) is 2.20. The predicted octanol–water partition coefficient (Wildman–Crippen LogP) is 2.95. The van der Waals surface area contributed by atoms with Crippen molar-refractivity contribution in [3.8, 4) is 0 Å². The zero-order valence-electron chi connectivity index (χ0n) is 7.51. The lowest BCUT2D eigenvalue weighted by atomic mass is 9.98. The Bertz CT molecular complexity index is 84.9. The summed E-state index contributed by atoms with van der Waals surface area (Å²) in [5.41, 5.74) is 0. The molecule has 0 aliphatic heterocycles. The fourth-order valence-corrected chi connectivity index (χ4v) is 1.44. The molecule has 1 aliphatic carbocycles. The fourth-order valence-electron chi connectivity index (χ4n) is 1.44. The molecule has 0 amide bonds. The van der Waals surface area contributed by atoms with Crippen LogP contribution in [0.15, 0.2) is 0 Å². The Kier molecular flexibility index (Phi) is 4.60. The summed E-state index contributed by atoms with van der Waals surface area (Å²) in [4.78, 5) is 0. The van der Waals surface area contributed by atoms with Gasteiger partial charge in [0.2, 0.25) is 0 Å². The van der Waals surface area contributed by atoms with Gasteiger partial charge in [0.25, 0.3) is 0 Å². The second-order valence-electron chi connectivity index (χ2n) is 3.28. The first-order chi connectivity index (χ1) is 5.43. The van der Waals surface area contributed by atoms with Crippen molar-refractivity contribution in [3.63, 3.8) is 0 Å². The third-order valence-corrected chi connectivity index (χ3v) is 2.20. The Morgan fingerprint density at radius 3 is 3.00 bits per heavy atom. The summed E-state index contributed by atoms with van der Waals surface area (Å²) < 4.78 is 5.67. The molecule has 0 aromatic carbocycles. The fraction of sp³-hybridized carbons (Fsp3) is 0.900. The van der Waals surface area contributed by atoms with Crippen LogP contribution in [0.25, 0.3) is 0 Å². The van der Waals surface area contributed by atoms with Crippen LogP contribution < -0.4 is 0 Å². The molecule has 1 nitrogen and oxygen atoms in total. The van der Waals surface area contributed by atoms with E-state index in [9.17, 15) is 0 Å². The number of rotatable bonds is 4. The van der Waals surface area contributed by atoms with Gasteiger partial charge in [0.15, 0.2) is 0 Å². The Labute approximate surface area is 70.1 Å². The van der Waals surface area contributed by atoms with Gasteiger partial charge in [-0.3, -0.25) is 0 Å². The average molecular weight is 155 g/mol. The van der Waals surface area contributed by atoms with Crippen LogP contribution in [0.5, 0.6) is 0 Å². The van der Waals surface area contributed by atoms with Gasteiger partial charge in [0.05, 0.1) is 6.10 Å². The molecule has 1 fully saturated rings. The summed E-state index contributed by atoms with van der Waals surface area (Å²) in [5, 5.41) is 0. The molecule has 0 spiro atoms. The normalized spacial score (nSPS) is 20.5. The number of ether oxygens (including phenoxy) is 1. The molecular formula is C10H19O.